The van der Waals surface area contributed by atoms with Crippen LogP contribution in [0.1, 0.15) is 25.7 Å². The van der Waals surface area contributed by atoms with Gasteiger partial charge in [-0.15, -0.1) is 0 Å². The maximum Gasteiger partial charge on any atom is -0.000969 e. The second-order valence-corrected chi connectivity index (χ2v) is 4.36. The Balaban J connectivity index is 3.06. The van der Waals surface area contributed by atoms with Gasteiger partial charge < -0.3 is 21.3 Å². The predicted molar refractivity (Wildman–Crippen MR) is 71.8 cm³/mol. The highest BCUT2D eigenvalue weighted by atomic mass is 15.1. The molecule has 0 atom stereocenters. The molecule has 0 aromatic carbocycles. The summed E-state index contributed by atoms with van der Waals surface area (Å²) in [6.45, 7) is 6.51. The van der Waals surface area contributed by atoms with Crippen LogP contribution < -0.4 is 16.4 Å². The van der Waals surface area contributed by atoms with Crippen LogP contribution >= 0.6 is 0 Å². The summed E-state index contributed by atoms with van der Waals surface area (Å²) >= 11 is 0. The van der Waals surface area contributed by atoms with Gasteiger partial charge in [0.1, 0.15) is 0 Å². The Morgan fingerprint density at radius 3 is 2.31 bits per heavy atom. The fourth-order valence-electron chi connectivity index (χ4n) is 1.62. The molecule has 0 aromatic rings. The van der Waals surface area contributed by atoms with Gasteiger partial charge in [-0.25, -0.2) is 0 Å². The second-order valence-electron chi connectivity index (χ2n) is 4.36. The van der Waals surface area contributed by atoms with E-state index in [0.717, 1.165) is 32.6 Å². The van der Waals surface area contributed by atoms with E-state index < -0.39 is 0 Å². The Hall–Kier alpha value is -0.160. The molecule has 4 N–H and O–H groups in total. The summed E-state index contributed by atoms with van der Waals surface area (Å²) in [6.07, 6.45) is 4.87. The SMILES string of the molecule is CNCCCN(C)CCCCNCCCN. The summed E-state index contributed by atoms with van der Waals surface area (Å²) in [5, 5.41) is 6.58. The molecular formula is C12H30N4. The Morgan fingerprint density at radius 2 is 1.62 bits per heavy atom. The van der Waals surface area contributed by atoms with Crippen LogP contribution in [-0.4, -0.2) is 58.3 Å². The molecule has 16 heavy (non-hydrogen) atoms. The number of nitrogens with two attached hydrogens (primary N) is 1. The molecule has 4 nitrogen and oxygen atoms in total. The standard InChI is InChI=1S/C12H30N4/c1-14-8-6-12-16(2)11-4-3-9-15-10-5-7-13/h14-15H,3-13H2,1-2H3. The zero-order chi connectivity index (χ0) is 12.1. The number of unbranched alkanes of at least 4 members (excludes halogenated alkanes) is 1. The van der Waals surface area contributed by atoms with Crippen molar-refractivity contribution in [1.29, 1.82) is 0 Å². The Bertz CT molecular complexity index is 130. The molecule has 0 saturated carbocycles. The van der Waals surface area contributed by atoms with Crippen molar-refractivity contribution in [3.8, 4) is 0 Å². The molecule has 0 amide bonds. The van der Waals surface area contributed by atoms with E-state index in [1.807, 2.05) is 7.05 Å². The van der Waals surface area contributed by atoms with Gasteiger partial charge in [-0.05, 0) is 79.0 Å². The predicted octanol–water partition coefficient (Wildman–Crippen LogP) is 0.246. The fourth-order valence-corrected chi connectivity index (χ4v) is 1.62. The first-order valence-electron chi connectivity index (χ1n) is 6.55. The summed E-state index contributed by atoms with van der Waals surface area (Å²) in [4.78, 5) is 2.41. The Labute approximate surface area is 101 Å². The van der Waals surface area contributed by atoms with Gasteiger partial charge in [0.15, 0.2) is 0 Å². The monoisotopic (exact) mass is 230 g/mol. The van der Waals surface area contributed by atoms with Gasteiger partial charge in [-0.2, -0.15) is 0 Å². The summed E-state index contributed by atoms with van der Waals surface area (Å²) < 4.78 is 0. The molecule has 0 saturated heterocycles. The van der Waals surface area contributed by atoms with Crippen LogP contribution in [0, 0.1) is 0 Å². The van der Waals surface area contributed by atoms with Crippen LogP contribution in [0.4, 0.5) is 0 Å². The molecule has 0 aliphatic carbocycles. The zero-order valence-electron chi connectivity index (χ0n) is 11.1. The number of hydrogen-bond acceptors (Lipinski definition) is 4. The largest absolute Gasteiger partial charge is 0.330 e. The van der Waals surface area contributed by atoms with E-state index in [9.17, 15) is 0 Å². The molecule has 4 heteroatoms. The van der Waals surface area contributed by atoms with Crippen molar-refractivity contribution in [3.63, 3.8) is 0 Å². The van der Waals surface area contributed by atoms with E-state index in [1.165, 1.54) is 32.4 Å². The van der Waals surface area contributed by atoms with Crippen molar-refractivity contribution in [3.05, 3.63) is 0 Å². The summed E-state index contributed by atoms with van der Waals surface area (Å²) in [6, 6.07) is 0. The number of rotatable bonds is 12. The van der Waals surface area contributed by atoms with E-state index >= 15 is 0 Å². The van der Waals surface area contributed by atoms with Gasteiger partial charge in [0, 0.05) is 0 Å². The van der Waals surface area contributed by atoms with Gasteiger partial charge >= 0.3 is 0 Å². The smallest absolute Gasteiger partial charge is 0.000969 e. The molecule has 0 unspecified atom stereocenters. The van der Waals surface area contributed by atoms with Crippen molar-refractivity contribution in [2.45, 2.75) is 25.7 Å². The summed E-state index contributed by atoms with van der Waals surface area (Å²) in [7, 11) is 4.21. The molecule has 0 aromatic heterocycles. The Kier molecular flexibility index (Phi) is 12.8. The minimum Gasteiger partial charge on any atom is -0.330 e. The van der Waals surface area contributed by atoms with Crippen LogP contribution in [-0.2, 0) is 0 Å². The van der Waals surface area contributed by atoms with Gasteiger partial charge in [-0.1, -0.05) is 0 Å². The maximum atomic E-state index is 5.42. The molecule has 0 fully saturated rings. The average molecular weight is 230 g/mol. The normalized spacial score (nSPS) is 11.2. The lowest BCUT2D eigenvalue weighted by Crippen LogP contribution is -2.25. The van der Waals surface area contributed by atoms with Crippen LogP contribution in [0.15, 0.2) is 0 Å². The number of nitrogens with zero attached hydrogens (tertiary/aromatic N) is 1. The number of nitrogens with one attached hydrogen (secondary N) is 2. The van der Waals surface area contributed by atoms with E-state index in [0.29, 0.717) is 0 Å². The zero-order valence-corrected chi connectivity index (χ0v) is 11.1. The quantitative estimate of drug-likeness (QED) is 0.421. The van der Waals surface area contributed by atoms with Crippen molar-refractivity contribution >= 4 is 0 Å². The topological polar surface area (TPSA) is 53.3 Å². The van der Waals surface area contributed by atoms with E-state index in [4.69, 9.17) is 5.73 Å². The second kappa shape index (κ2) is 12.9. The first kappa shape index (κ1) is 15.8. The molecule has 0 aliphatic rings. The van der Waals surface area contributed by atoms with Gasteiger partial charge in [-0.3, -0.25) is 0 Å². The molecular weight excluding hydrogens is 200 g/mol. The van der Waals surface area contributed by atoms with Crippen LogP contribution in [0.2, 0.25) is 0 Å². The fraction of sp³-hybridized carbons (Fsp3) is 1.00. The number of hydrogen-bond donors (Lipinski definition) is 3. The van der Waals surface area contributed by atoms with Crippen molar-refractivity contribution in [2.24, 2.45) is 5.73 Å². The lowest BCUT2D eigenvalue weighted by atomic mass is 10.2. The van der Waals surface area contributed by atoms with Gasteiger partial charge in [0.05, 0.1) is 0 Å². The van der Waals surface area contributed by atoms with Crippen LogP contribution in [0.5, 0.6) is 0 Å². The lowest BCUT2D eigenvalue weighted by Gasteiger charge is -2.16. The first-order valence-corrected chi connectivity index (χ1v) is 6.55. The highest BCUT2D eigenvalue weighted by molar-refractivity contribution is 4.55. The highest BCUT2D eigenvalue weighted by Gasteiger charge is 1.97. The van der Waals surface area contributed by atoms with Crippen LogP contribution in [0.3, 0.4) is 0 Å². The molecule has 0 radical (unpaired) electrons. The molecule has 0 spiro atoms. The average Bonchev–Trinajstić information content (AvgIpc) is 2.28. The van der Waals surface area contributed by atoms with Gasteiger partial charge in [0.2, 0.25) is 0 Å². The molecule has 0 rings (SSSR count). The highest BCUT2D eigenvalue weighted by Crippen LogP contribution is 1.93. The summed E-state index contributed by atoms with van der Waals surface area (Å²) in [5.74, 6) is 0. The van der Waals surface area contributed by atoms with Gasteiger partial charge in [0.25, 0.3) is 0 Å². The van der Waals surface area contributed by atoms with Crippen molar-refractivity contribution in [1.82, 2.24) is 15.5 Å². The minimum absolute atomic E-state index is 0.793. The van der Waals surface area contributed by atoms with E-state index in [-0.39, 0.29) is 0 Å². The van der Waals surface area contributed by atoms with Crippen molar-refractivity contribution in [2.75, 3.05) is 53.4 Å². The molecule has 0 heterocycles. The maximum absolute atomic E-state index is 5.42. The first-order chi connectivity index (χ1) is 7.81. The molecule has 0 aliphatic heterocycles. The molecule has 98 valence electrons. The molecule has 0 bridgehead atoms. The minimum atomic E-state index is 0.793. The third kappa shape index (κ3) is 11.9. The third-order valence-corrected chi connectivity index (χ3v) is 2.67. The third-order valence-electron chi connectivity index (χ3n) is 2.67. The van der Waals surface area contributed by atoms with E-state index in [1.54, 1.807) is 0 Å². The van der Waals surface area contributed by atoms with E-state index in [2.05, 4.69) is 22.6 Å². The van der Waals surface area contributed by atoms with Crippen LogP contribution in [0.25, 0.3) is 0 Å². The van der Waals surface area contributed by atoms with Crippen molar-refractivity contribution < 1.29 is 0 Å². The summed E-state index contributed by atoms with van der Waals surface area (Å²) in [5.41, 5.74) is 5.42. The Morgan fingerprint density at radius 1 is 0.938 bits per heavy atom. The lowest BCUT2D eigenvalue weighted by molar-refractivity contribution is 0.319.